The van der Waals surface area contributed by atoms with E-state index >= 15 is 0 Å². The van der Waals surface area contributed by atoms with Gasteiger partial charge in [-0.15, -0.1) is 0 Å². The molecule has 3 rings (SSSR count). The van der Waals surface area contributed by atoms with Crippen molar-refractivity contribution in [3.8, 4) is 0 Å². The van der Waals surface area contributed by atoms with Gasteiger partial charge in [-0.3, -0.25) is 0 Å². The Labute approximate surface area is 85.0 Å². The maximum atomic E-state index is 3.98. The summed E-state index contributed by atoms with van der Waals surface area (Å²) < 4.78 is 0. The topological polar surface area (TPSA) is 0 Å². The Balaban J connectivity index is 2.12. The molecule has 1 aromatic rings. The van der Waals surface area contributed by atoms with Crippen molar-refractivity contribution in [2.45, 2.75) is 25.7 Å². The first-order chi connectivity index (χ1) is 6.75. The SMILES string of the molecule is C=C(C)c1ccc2c(c1)C=C1CCC12. The Morgan fingerprint density at radius 1 is 1.43 bits per heavy atom. The van der Waals surface area contributed by atoms with Gasteiger partial charge in [-0.2, -0.15) is 0 Å². The molecule has 0 spiro atoms. The van der Waals surface area contributed by atoms with Gasteiger partial charge in [-0.1, -0.05) is 35.9 Å². The van der Waals surface area contributed by atoms with Crippen molar-refractivity contribution < 1.29 is 0 Å². The van der Waals surface area contributed by atoms with Crippen molar-refractivity contribution in [1.29, 1.82) is 0 Å². The fourth-order valence-electron chi connectivity index (χ4n) is 2.47. The molecule has 0 heteroatoms. The summed E-state index contributed by atoms with van der Waals surface area (Å²) in [5.74, 6) is 0.768. The van der Waals surface area contributed by atoms with E-state index in [1.54, 1.807) is 5.57 Å². The van der Waals surface area contributed by atoms with E-state index in [0.29, 0.717) is 0 Å². The molecule has 2 aliphatic rings. The van der Waals surface area contributed by atoms with Crippen LogP contribution in [-0.2, 0) is 0 Å². The van der Waals surface area contributed by atoms with Crippen LogP contribution < -0.4 is 0 Å². The monoisotopic (exact) mass is 182 g/mol. The molecule has 1 unspecified atom stereocenters. The first kappa shape index (κ1) is 8.05. The summed E-state index contributed by atoms with van der Waals surface area (Å²) in [6.45, 7) is 6.05. The van der Waals surface area contributed by atoms with E-state index in [1.807, 2.05) is 0 Å². The molecule has 1 aromatic carbocycles. The van der Waals surface area contributed by atoms with Crippen molar-refractivity contribution in [2.75, 3.05) is 0 Å². The summed E-state index contributed by atoms with van der Waals surface area (Å²) in [6.07, 6.45) is 5.03. The molecule has 0 N–H and O–H groups in total. The molecule has 14 heavy (non-hydrogen) atoms. The minimum atomic E-state index is 0.768. The van der Waals surface area contributed by atoms with Crippen LogP contribution in [0, 0.1) is 0 Å². The van der Waals surface area contributed by atoms with E-state index in [-0.39, 0.29) is 0 Å². The van der Waals surface area contributed by atoms with E-state index in [0.717, 1.165) is 11.5 Å². The lowest BCUT2D eigenvalue weighted by atomic mass is 9.79. The van der Waals surface area contributed by atoms with Gasteiger partial charge >= 0.3 is 0 Å². The number of hydrogen-bond acceptors (Lipinski definition) is 0. The zero-order chi connectivity index (χ0) is 9.71. The molecule has 1 fully saturated rings. The lowest BCUT2D eigenvalue weighted by molar-refractivity contribution is 0.580. The standard InChI is InChI=1S/C14H14/c1-9(2)10-3-5-14-12(7-10)8-11-4-6-13(11)14/h3,5,7-8,13H,1,4,6H2,2H3. The third-order valence-electron chi connectivity index (χ3n) is 3.47. The summed E-state index contributed by atoms with van der Waals surface area (Å²) in [7, 11) is 0. The van der Waals surface area contributed by atoms with E-state index in [9.17, 15) is 0 Å². The first-order valence-electron chi connectivity index (χ1n) is 5.26. The van der Waals surface area contributed by atoms with Crippen LogP contribution in [0.15, 0.2) is 30.4 Å². The normalized spacial score (nSPS) is 22.1. The minimum absolute atomic E-state index is 0.768. The molecule has 70 valence electrons. The Bertz CT molecular complexity index is 449. The smallest absolute Gasteiger partial charge is 0.00604 e. The first-order valence-corrected chi connectivity index (χ1v) is 5.26. The lowest BCUT2D eigenvalue weighted by Crippen LogP contribution is -2.09. The largest absolute Gasteiger partial charge is 0.0955 e. The molecule has 0 heterocycles. The van der Waals surface area contributed by atoms with Crippen molar-refractivity contribution in [2.24, 2.45) is 0 Å². The van der Waals surface area contributed by atoms with Crippen LogP contribution >= 0.6 is 0 Å². The average molecular weight is 182 g/mol. The second-order valence-electron chi connectivity index (χ2n) is 4.43. The van der Waals surface area contributed by atoms with Crippen molar-refractivity contribution in [1.82, 2.24) is 0 Å². The minimum Gasteiger partial charge on any atom is -0.0955 e. The highest BCUT2D eigenvalue weighted by atomic mass is 14.4. The molecule has 1 saturated carbocycles. The summed E-state index contributed by atoms with van der Waals surface area (Å²) >= 11 is 0. The highest BCUT2D eigenvalue weighted by Crippen LogP contribution is 2.49. The molecule has 0 saturated heterocycles. The Morgan fingerprint density at radius 2 is 2.29 bits per heavy atom. The average Bonchev–Trinajstić information content (AvgIpc) is 2.37. The lowest BCUT2D eigenvalue weighted by Gasteiger charge is -2.25. The van der Waals surface area contributed by atoms with E-state index in [1.165, 1.54) is 29.5 Å². The quantitative estimate of drug-likeness (QED) is 0.616. The molecular formula is C14H14. The maximum absolute atomic E-state index is 3.98. The van der Waals surface area contributed by atoms with Crippen LogP contribution in [0.1, 0.15) is 42.4 Å². The van der Waals surface area contributed by atoms with Crippen LogP contribution in [0.2, 0.25) is 0 Å². The molecule has 0 aliphatic heterocycles. The highest BCUT2D eigenvalue weighted by Gasteiger charge is 2.31. The van der Waals surface area contributed by atoms with Gasteiger partial charge in [-0.05, 0) is 42.5 Å². The van der Waals surface area contributed by atoms with Gasteiger partial charge in [0.05, 0.1) is 0 Å². The van der Waals surface area contributed by atoms with Crippen LogP contribution in [0.5, 0.6) is 0 Å². The fraction of sp³-hybridized carbons (Fsp3) is 0.286. The van der Waals surface area contributed by atoms with Gasteiger partial charge in [0.25, 0.3) is 0 Å². The number of hydrogen-bond donors (Lipinski definition) is 0. The van der Waals surface area contributed by atoms with Crippen molar-refractivity contribution in [3.05, 3.63) is 47.0 Å². The second kappa shape index (κ2) is 2.60. The molecule has 0 aromatic heterocycles. The van der Waals surface area contributed by atoms with Crippen molar-refractivity contribution in [3.63, 3.8) is 0 Å². The molecule has 0 amide bonds. The maximum Gasteiger partial charge on any atom is 0.00604 e. The highest BCUT2D eigenvalue weighted by molar-refractivity contribution is 5.73. The molecule has 1 atom stereocenters. The predicted octanol–water partition coefficient (Wildman–Crippen LogP) is 3.99. The van der Waals surface area contributed by atoms with Gasteiger partial charge in [0.1, 0.15) is 0 Å². The summed E-state index contributed by atoms with van der Waals surface area (Å²) in [5, 5.41) is 0. The summed E-state index contributed by atoms with van der Waals surface area (Å²) in [5.41, 5.74) is 7.05. The Hall–Kier alpha value is -1.30. The van der Waals surface area contributed by atoms with Crippen LogP contribution in [0.4, 0.5) is 0 Å². The van der Waals surface area contributed by atoms with Crippen LogP contribution in [0.3, 0.4) is 0 Å². The molecule has 2 aliphatic carbocycles. The van der Waals surface area contributed by atoms with E-state index < -0.39 is 0 Å². The van der Waals surface area contributed by atoms with Gasteiger partial charge in [0.15, 0.2) is 0 Å². The zero-order valence-electron chi connectivity index (χ0n) is 8.51. The van der Waals surface area contributed by atoms with Crippen LogP contribution in [-0.4, -0.2) is 0 Å². The Morgan fingerprint density at radius 3 is 2.93 bits per heavy atom. The van der Waals surface area contributed by atoms with Gasteiger partial charge < -0.3 is 0 Å². The summed E-state index contributed by atoms with van der Waals surface area (Å²) in [4.78, 5) is 0. The molecular weight excluding hydrogens is 168 g/mol. The van der Waals surface area contributed by atoms with Gasteiger partial charge in [0.2, 0.25) is 0 Å². The third kappa shape index (κ3) is 0.942. The molecule has 0 nitrogen and oxygen atoms in total. The number of benzene rings is 1. The van der Waals surface area contributed by atoms with E-state index in [4.69, 9.17) is 0 Å². The van der Waals surface area contributed by atoms with Crippen molar-refractivity contribution >= 4 is 11.6 Å². The second-order valence-corrected chi connectivity index (χ2v) is 4.43. The molecule has 0 bridgehead atoms. The molecule has 0 radical (unpaired) electrons. The third-order valence-corrected chi connectivity index (χ3v) is 3.47. The summed E-state index contributed by atoms with van der Waals surface area (Å²) in [6, 6.07) is 6.77. The number of fused-ring (bicyclic) bond motifs is 3. The van der Waals surface area contributed by atoms with E-state index in [2.05, 4.69) is 37.8 Å². The van der Waals surface area contributed by atoms with Gasteiger partial charge in [-0.25, -0.2) is 0 Å². The van der Waals surface area contributed by atoms with Gasteiger partial charge in [0, 0.05) is 5.92 Å². The Kier molecular flexibility index (Phi) is 1.49. The predicted molar refractivity (Wildman–Crippen MR) is 61.1 cm³/mol. The zero-order valence-corrected chi connectivity index (χ0v) is 8.51. The number of allylic oxidation sites excluding steroid dienone is 2. The fourth-order valence-corrected chi connectivity index (χ4v) is 2.47. The van der Waals surface area contributed by atoms with Crippen LogP contribution in [0.25, 0.3) is 11.6 Å². The number of rotatable bonds is 1.